The van der Waals surface area contributed by atoms with Crippen molar-refractivity contribution < 1.29 is 46.9 Å². The largest absolute Gasteiger partial charge is 0.455 e. The number of carbonyl (C=O) groups is 1. The van der Waals surface area contributed by atoms with E-state index in [0.717, 1.165) is 9.87 Å². The Morgan fingerprint density at radius 1 is 0.812 bits per heavy atom. The molecule has 0 aliphatic rings. The molecular weight excluding hydrogens is 680 g/mol. The lowest BCUT2D eigenvalue weighted by Crippen LogP contribution is -2.46. The van der Waals surface area contributed by atoms with Crippen molar-refractivity contribution in [3.05, 3.63) is 136 Å². The van der Waals surface area contributed by atoms with Crippen molar-refractivity contribution in [2.75, 3.05) is 0 Å². The molecular formula is C34H35F6NO5S2. The third-order valence-electron chi connectivity index (χ3n) is 7.83. The molecule has 0 aromatic heterocycles. The molecule has 0 saturated heterocycles. The van der Waals surface area contributed by atoms with Crippen LogP contribution in [0.2, 0.25) is 0 Å². The van der Waals surface area contributed by atoms with E-state index in [1.54, 1.807) is 69.3 Å². The number of ether oxygens (including phenoxy) is 1. The van der Waals surface area contributed by atoms with Gasteiger partial charge in [0.1, 0.15) is 18.0 Å². The number of benzene rings is 4. The van der Waals surface area contributed by atoms with Crippen molar-refractivity contribution in [3.8, 4) is 0 Å². The Bertz CT molecular complexity index is 1850. The van der Waals surface area contributed by atoms with Gasteiger partial charge in [-0.05, 0) is 67.6 Å². The quantitative estimate of drug-likeness (QED) is 0.117. The van der Waals surface area contributed by atoms with Crippen molar-refractivity contribution in [1.29, 1.82) is 0 Å². The summed E-state index contributed by atoms with van der Waals surface area (Å²) < 4.78 is 121. The second-order valence-corrected chi connectivity index (χ2v) is 16.1. The first-order chi connectivity index (χ1) is 22.1. The maximum absolute atomic E-state index is 14.5. The lowest BCUT2D eigenvalue weighted by molar-refractivity contribution is -0.154. The van der Waals surface area contributed by atoms with Gasteiger partial charge in [-0.25, -0.2) is 12.8 Å². The first kappa shape index (κ1) is 37.0. The lowest BCUT2D eigenvalue weighted by Gasteiger charge is -2.47. The monoisotopic (exact) mass is 715 g/mol. The molecule has 4 aromatic carbocycles. The molecule has 0 heterocycles. The summed E-state index contributed by atoms with van der Waals surface area (Å²) in [4.78, 5) is 13.3. The van der Waals surface area contributed by atoms with E-state index in [9.17, 15) is 42.1 Å². The van der Waals surface area contributed by atoms with Gasteiger partial charge in [0.15, 0.2) is 0 Å². The molecule has 0 aliphatic heterocycles. The van der Waals surface area contributed by atoms with E-state index < -0.39 is 61.1 Å². The van der Waals surface area contributed by atoms with Gasteiger partial charge in [-0.3, -0.25) is 4.79 Å². The molecule has 0 fully saturated rings. The van der Waals surface area contributed by atoms with E-state index in [1.165, 1.54) is 31.2 Å². The zero-order valence-electron chi connectivity index (χ0n) is 26.4. The summed E-state index contributed by atoms with van der Waals surface area (Å²) in [5.41, 5.74) is 1.22. The van der Waals surface area contributed by atoms with Gasteiger partial charge in [0.2, 0.25) is 15.3 Å². The molecule has 4 aromatic rings. The Morgan fingerprint density at radius 2 is 1.31 bits per heavy atom. The normalized spacial score (nSPS) is 16.3. The Hall–Kier alpha value is -3.85. The molecule has 0 saturated carbocycles. The Morgan fingerprint density at radius 3 is 1.81 bits per heavy atom. The van der Waals surface area contributed by atoms with Crippen LogP contribution in [-0.4, -0.2) is 35.1 Å². The average molecular weight is 716 g/mol. The number of rotatable bonds is 12. The molecule has 260 valence electrons. The van der Waals surface area contributed by atoms with Gasteiger partial charge in [0.05, 0.1) is 10.9 Å². The minimum Gasteiger partial charge on any atom is -0.455 e. The molecule has 0 bridgehead atoms. The fraction of sp³-hybridized carbons (Fsp3) is 0.265. The standard InChI is InChI=1S/C34H35F6NO5S2/c1-22-19-23(2)32(24(3)20-22)47(44,45)41(21-26-11-7-5-8-12-26)25(4)31(28-13-9-6-10-14-28)46-34(43)33(48(36,37,38,39)40)30(42)27-15-17-29(35)18-16-27/h5-20,25,30-31,33,42H,21H2,1-4H3/t25-,30+,31-,33+/m0/s1. The van der Waals surface area contributed by atoms with E-state index >= 15 is 0 Å². The van der Waals surface area contributed by atoms with Crippen LogP contribution >= 0.6 is 10.2 Å². The number of carbonyl (C=O) groups excluding carboxylic acids is 1. The highest BCUT2D eigenvalue weighted by Gasteiger charge is 2.76. The van der Waals surface area contributed by atoms with E-state index in [0.29, 0.717) is 41.0 Å². The summed E-state index contributed by atoms with van der Waals surface area (Å²) in [7, 11) is -15.4. The van der Waals surface area contributed by atoms with E-state index in [2.05, 4.69) is 0 Å². The summed E-state index contributed by atoms with van der Waals surface area (Å²) in [5.74, 6) is -3.46. The summed E-state index contributed by atoms with van der Waals surface area (Å²) in [6.07, 6.45) is -5.05. The van der Waals surface area contributed by atoms with Crippen LogP contribution in [0.3, 0.4) is 0 Å². The van der Waals surface area contributed by atoms with Crippen molar-refractivity contribution in [2.24, 2.45) is 0 Å². The van der Waals surface area contributed by atoms with Gasteiger partial charge in [0, 0.05) is 6.54 Å². The van der Waals surface area contributed by atoms with Crippen LogP contribution in [0.5, 0.6) is 0 Å². The second-order valence-electron chi connectivity index (χ2n) is 11.7. The number of halogens is 6. The number of esters is 1. The van der Waals surface area contributed by atoms with Crippen molar-refractivity contribution in [2.45, 2.75) is 62.6 Å². The van der Waals surface area contributed by atoms with Crippen LogP contribution in [0.4, 0.5) is 23.8 Å². The van der Waals surface area contributed by atoms with Crippen LogP contribution in [0, 0.1) is 26.6 Å². The number of hydrogen-bond donors (Lipinski definition) is 1. The van der Waals surface area contributed by atoms with Crippen molar-refractivity contribution >= 4 is 26.2 Å². The summed E-state index contributed by atoms with van der Waals surface area (Å²) in [6, 6.07) is 19.7. The summed E-state index contributed by atoms with van der Waals surface area (Å²) >= 11 is 0. The predicted octanol–water partition coefficient (Wildman–Crippen LogP) is 9.02. The molecule has 14 heteroatoms. The lowest BCUT2D eigenvalue weighted by atomic mass is 10.0. The van der Waals surface area contributed by atoms with Gasteiger partial charge < -0.3 is 9.84 Å². The molecule has 0 amide bonds. The number of aryl methyl sites for hydroxylation is 3. The predicted molar refractivity (Wildman–Crippen MR) is 173 cm³/mol. The number of nitrogens with zero attached hydrogens (tertiary/aromatic N) is 1. The van der Waals surface area contributed by atoms with Crippen molar-refractivity contribution in [1.82, 2.24) is 4.31 Å². The maximum Gasteiger partial charge on any atom is 0.332 e. The summed E-state index contributed by atoms with van der Waals surface area (Å²) in [6.45, 7) is 5.91. The highest BCUT2D eigenvalue weighted by Crippen LogP contribution is 3.01. The first-order valence-electron chi connectivity index (χ1n) is 14.7. The van der Waals surface area contributed by atoms with Gasteiger partial charge in [-0.1, -0.05) is 110 Å². The molecule has 0 spiro atoms. The van der Waals surface area contributed by atoms with Gasteiger partial charge in [-0.2, -0.15) is 4.31 Å². The highest BCUT2D eigenvalue weighted by molar-refractivity contribution is 8.46. The fourth-order valence-electron chi connectivity index (χ4n) is 5.72. The molecule has 48 heavy (non-hydrogen) atoms. The second kappa shape index (κ2) is 12.9. The average Bonchev–Trinajstić information content (AvgIpc) is 2.97. The smallest absolute Gasteiger partial charge is 0.332 e. The zero-order valence-corrected chi connectivity index (χ0v) is 28.0. The number of sulfonamides is 1. The van der Waals surface area contributed by atoms with Crippen LogP contribution in [0.25, 0.3) is 0 Å². The maximum atomic E-state index is 14.5. The Kier molecular flexibility index (Phi) is 9.92. The highest BCUT2D eigenvalue weighted by atomic mass is 32.5. The third-order valence-corrected chi connectivity index (χ3v) is 11.5. The molecule has 4 rings (SSSR count). The molecule has 1 N–H and O–H groups in total. The Balaban J connectivity index is 1.87. The van der Waals surface area contributed by atoms with Crippen LogP contribution in [0.1, 0.15) is 52.5 Å². The Labute approximate surface area is 275 Å². The first-order valence-corrected chi connectivity index (χ1v) is 18.1. The van der Waals surface area contributed by atoms with E-state index in [-0.39, 0.29) is 17.0 Å². The third kappa shape index (κ3) is 8.41. The van der Waals surface area contributed by atoms with Crippen LogP contribution < -0.4 is 0 Å². The molecule has 0 radical (unpaired) electrons. The van der Waals surface area contributed by atoms with Gasteiger partial charge in [-0.15, -0.1) is 0 Å². The fourth-order valence-corrected chi connectivity index (χ4v) is 8.82. The van der Waals surface area contributed by atoms with E-state index in [1.807, 2.05) is 0 Å². The number of aliphatic hydroxyl groups excluding tert-OH is 1. The minimum atomic E-state index is -10.9. The van der Waals surface area contributed by atoms with Crippen LogP contribution in [-0.2, 0) is 26.1 Å². The molecule has 4 atom stereocenters. The SMILES string of the molecule is Cc1cc(C)c(S(=O)(=O)N(Cc2ccccc2)[C@@H](C)[C@H](OC(=O)[C@@H]([C@H](O)c2ccc(F)cc2)S(F)(F)(F)(F)F)c2ccccc2)c(C)c1. The molecule has 0 unspecified atom stereocenters. The van der Waals surface area contributed by atoms with E-state index in [4.69, 9.17) is 4.74 Å². The van der Waals surface area contributed by atoms with Crippen molar-refractivity contribution in [3.63, 3.8) is 0 Å². The van der Waals surface area contributed by atoms with Gasteiger partial charge >= 0.3 is 16.2 Å². The molecule has 6 nitrogen and oxygen atoms in total. The molecule has 0 aliphatic carbocycles. The number of hydrogen-bond acceptors (Lipinski definition) is 5. The minimum absolute atomic E-state index is 0.00106. The number of aliphatic hydroxyl groups is 1. The van der Waals surface area contributed by atoms with Gasteiger partial charge in [0.25, 0.3) is 0 Å². The topological polar surface area (TPSA) is 83.9 Å². The summed E-state index contributed by atoms with van der Waals surface area (Å²) in [5, 5.41) is 6.23. The zero-order chi connectivity index (χ0) is 35.7. The van der Waals surface area contributed by atoms with Crippen LogP contribution in [0.15, 0.2) is 102 Å².